The molecule has 4 heteroatoms. The third kappa shape index (κ3) is 2.25. The Morgan fingerprint density at radius 1 is 1.15 bits per heavy atom. The zero-order valence-corrected chi connectivity index (χ0v) is 12.7. The molecule has 1 aromatic heterocycles. The molecule has 0 aliphatic carbocycles. The topological polar surface area (TPSA) is 42.2 Å². The van der Waals surface area contributed by atoms with Gasteiger partial charge in [-0.3, -0.25) is 9.36 Å². The number of fused-ring (bicyclic) bond motifs is 1. The van der Waals surface area contributed by atoms with Crippen LogP contribution >= 0.6 is 22.6 Å². The van der Waals surface area contributed by atoms with Crippen LogP contribution in [0.15, 0.2) is 54.7 Å². The van der Waals surface area contributed by atoms with Gasteiger partial charge in [-0.1, -0.05) is 24.3 Å². The second kappa shape index (κ2) is 5.38. The van der Waals surface area contributed by atoms with E-state index in [4.69, 9.17) is 0 Å². The monoisotopic (exact) mass is 377 g/mol. The maximum Gasteiger partial charge on any atom is 0.262 e. The summed E-state index contributed by atoms with van der Waals surface area (Å²) in [4.78, 5) is 12.6. The summed E-state index contributed by atoms with van der Waals surface area (Å²) in [6.07, 6.45) is 1.72. The molecule has 0 unspecified atom stereocenters. The van der Waals surface area contributed by atoms with Crippen molar-refractivity contribution < 1.29 is 9.90 Å². The molecule has 0 fully saturated rings. The number of nitrogens with zero attached hydrogens (tertiary/aromatic N) is 1. The Hall–Kier alpha value is -1.66. The van der Waals surface area contributed by atoms with Crippen LogP contribution in [0.1, 0.15) is 15.9 Å². The number of carbonyl (C=O) groups excluding carboxylic acids is 1. The van der Waals surface area contributed by atoms with Gasteiger partial charge in [0.25, 0.3) is 5.91 Å². The van der Waals surface area contributed by atoms with Crippen LogP contribution in [0.3, 0.4) is 0 Å². The highest BCUT2D eigenvalue weighted by Crippen LogP contribution is 2.22. The Labute approximate surface area is 130 Å². The maximum atomic E-state index is 12.6. The Kier molecular flexibility index (Phi) is 3.58. The molecule has 3 rings (SSSR count). The lowest BCUT2D eigenvalue weighted by atomic mass is 10.2. The van der Waals surface area contributed by atoms with Gasteiger partial charge in [0.2, 0.25) is 0 Å². The van der Waals surface area contributed by atoms with Gasteiger partial charge < -0.3 is 5.11 Å². The quantitative estimate of drug-likeness (QED) is 0.696. The fourth-order valence-corrected chi connectivity index (χ4v) is 2.85. The SMILES string of the molecule is O=C(c1cccc(I)c1)n1cc(CO)c2ccccc21. The van der Waals surface area contributed by atoms with Crippen molar-refractivity contribution in [2.45, 2.75) is 6.61 Å². The van der Waals surface area contributed by atoms with Crippen molar-refractivity contribution in [2.75, 3.05) is 0 Å². The lowest BCUT2D eigenvalue weighted by Crippen LogP contribution is -2.10. The molecule has 0 spiro atoms. The van der Waals surface area contributed by atoms with E-state index in [1.54, 1.807) is 16.8 Å². The summed E-state index contributed by atoms with van der Waals surface area (Å²) in [7, 11) is 0. The van der Waals surface area contributed by atoms with Crippen LogP contribution in [0.4, 0.5) is 0 Å². The third-order valence-corrected chi connectivity index (χ3v) is 3.93. The molecule has 1 heterocycles. The molecule has 2 aromatic carbocycles. The zero-order chi connectivity index (χ0) is 14.1. The molecule has 0 radical (unpaired) electrons. The number of aliphatic hydroxyl groups excluding tert-OH is 1. The number of benzene rings is 2. The van der Waals surface area contributed by atoms with Gasteiger partial charge in [-0.2, -0.15) is 0 Å². The fourth-order valence-electron chi connectivity index (χ4n) is 2.30. The summed E-state index contributed by atoms with van der Waals surface area (Å²) in [5.74, 6) is -0.0839. The van der Waals surface area contributed by atoms with E-state index in [9.17, 15) is 9.90 Å². The van der Waals surface area contributed by atoms with E-state index in [2.05, 4.69) is 22.6 Å². The van der Waals surface area contributed by atoms with Crippen molar-refractivity contribution in [3.05, 3.63) is 69.4 Å². The van der Waals surface area contributed by atoms with E-state index >= 15 is 0 Å². The van der Waals surface area contributed by atoms with E-state index in [1.807, 2.05) is 42.5 Å². The Morgan fingerprint density at radius 2 is 1.95 bits per heavy atom. The smallest absolute Gasteiger partial charge is 0.262 e. The largest absolute Gasteiger partial charge is 0.392 e. The van der Waals surface area contributed by atoms with Crippen molar-refractivity contribution >= 4 is 39.4 Å². The van der Waals surface area contributed by atoms with Crippen molar-refractivity contribution in [1.29, 1.82) is 0 Å². The minimum Gasteiger partial charge on any atom is -0.392 e. The molecule has 0 aliphatic rings. The van der Waals surface area contributed by atoms with Crippen molar-refractivity contribution in [1.82, 2.24) is 4.57 Å². The van der Waals surface area contributed by atoms with Crippen molar-refractivity contribution in [3.8, 4) is 0 Å². The fraction of sp³-hybridized carbons (Fsp3) is 0.0625. The molecule has 0 saturated carbocycles. The van der Waals surface area contributed by atoms with Crippen molar-refractivity contribution in [3.63, 3.8) is 0 Å². The average Bonchev–Trinajstić information content (AvgIpc) is 2.85. The third-order valence-electron chi connectivity index (χ3n) is 3.26. The minimum atomic E-state index is -0.0839. The average molecular weight is 377 g/mol. The molecule has 3 nitrogen and oxygen atoms in total. The first-order chi connectivity index (χ1) is 9.70. The highest BCUT2D eigenvalue weighted by Gasteiger charge is 2.14. The highest BCUT2D eigenvalue weighted by atomic mass is 127. The van der Waals surface area contributed by atoms with Crippen LogP contribution in [-0.4, -0.2) is 15.6 Å². The van der Waals surface area contributed by atoms with Crippen molar-refractivity contribution in [2.24, 2.45) is 0 Å². The van der Waals surface area contributed by atoms with Gasteiger partial charge in [-0.05, 0) is 46.9 Å². The molecular formula is C16H12INO2. The molecule has 100 valence electrons. The normalized spacial score (nSPS) is 10.9. The van der Waals surface area contributed by atoms with Crippen LogP contribution in [0, 0.1) is 3.57 Å². The Bertz CT molecular complexity index is 792. The highest BCUT2D eigenvalue weighted by molar-refractivity contribution is 14.1. The van der Waals surface area contributed by atoms with E-state index in [1.165, 1.54) is 0 Å². The van der Waals surface area contributed by atoms with Crippen LogP contribution in [0.25, 0.3) is 10.9 Å². The molecule has 3 aromatic rings. The van der Waals surface area contributed by atoms with E-state index in [0.29, 0.717) is 5.56 Å². The maximum absolute atomic E-state index is 12.6. The summed E-state index contributed by atoms with van der Waals surface area (Å²) in [6, 6.07) is 15.1. The first-order valence-corrected chi connectivity index (χ1v) is 7.28. The number of aromatic nitrogens is 1. The molecule has 0 bridgehead atoms. The number of aliphatic hydroxyl groups is 1. The lowest BCUT2D eigenvalue weighted by molar-refractivity contribution is 0.0964. The summed E-state index contributed by atoms with van der Waals surface area (Å²) >= 11 is 2.19. The van der Waals surface area contributed by atoms with E-state index in [-0.39, 0.29) is 12.5 Å². The molecule has 20 heavy (non-hydrogen) atoms. The molecule has 0 amide bonds. The van der Waals surface area contributed by atoms with Gasteiger partial charge in [-0.15, -0.1) is 0 Å². The van der Waals surface area contributed by atoms with Gasteiger partial charge >= 0.3 is 0 Å². The molecular weight excluding hydrogens is 365 g/mol. The zero-order valence-electron chi connectivity index (χ0n) is 10.6. The molecule has 0 aliphatic heterocycles. The summed E-state index contributed by atoms with van der Waals surface area (Å²) in [6.45, 7) is -0.0763. The molecule has 0 saturated heterocycles. The number of halogens is 1. The second-order valence-corrected chi connectivity index (χ2v) is 5.76. The summed E-state index contributed by atoms with van der Waals surface area (Å²) in [5, 5.41) is 10.3. The Morgan fingerprint density at radius 3 is 2.70 bits per heavy atom. The van der Waals surface area contributed by atoms with Gasteiger partial charge in [0.05, 0.1) is 12.1 Å². The van der Waals surface area contributed by atoms with Crippen LogP contribution in [-0.2, 0) is 6.61 Å². The number of hydrogen-bond donors (Lipinski definition) is 1. The molecule has 0 atom stereocenters. The second-order valence-electron chi connectivity index (χ2n) is 4.52. The lowest BCUT2D eigenvalue weighted by Gasteiger charge is -2.04. The van der Waals surface area contributed by atoms with Gasteiger partial charge in [-0.25, -0.2) is 0 Å². The minimum absolute atomic E-state index is 0.0763. The van der Waals surface area contributed by atoms with Gasteiger partial charge in [0, 0.05) is 26.3 Å². The molecule has 1 N–H and O–H groups in total. The summed E-state index contributed by atoms with van der Waals surface area (Å²) in [5.41, 5.74) is 2.22. The number of carbonyl (C=O) groups is 1. The predicted molar refractivity (Wildman–Crippen MR) is 86.7 cm³/mol. The van der Waals surface area contributed by atoms with Gasteiger partial charge in [0.15, 0.2) is 0 Å². The van der Waals surface area contributed by atoms with Crippen LogP contribution < -0.4 is 0 Å². The van der Waals surface area contributed by atoms with Crippen LogP contribution in [0.5, 0.6) is 0 Å². The van der Waals surface area contributed by atoms with E-state index in [0.717, 1.165) is 20.0 Å². The predicted octanol–water partition coefficient (Wildman–Crippen LogP) is 3.43. The number of rotatable bonds is 2. The Balaban J connectivity index is 2.17. The first kappa shape index (κ1) is 13.3. The first-order valence-electron chi connectivity index (χ1n) is 6.21. The van der Waals surface area contributed by atoms with E-state index < -0.39 is 0 Å². The van der Waals surface area contributed by atoms with Gasteiger partial charge in [0.1, 0.15) is 0 Å². The number of para-hydroxylation sites is 1. The van der Waals surface area contributed by atoms with Crippen LogP contribution in [0.2, 0.25) is 0 Å². The standard InChI is InChI=1S/C16H12INO2/c17-13-5-3-4-11(8-13)16(20)18-9-12(10-19)14-6-1-2-7-15(14)18/h1-9,19H,10H2. The summed E-state index contributed by atoms with van der Waals surface area (Å²) < 4.78 is 2.62. The number of hydrogen-bond acceptors (Lipinski definition) is 2.